The van der Waals surface area contributed by atoms with Crippen molar-refractivity contribution in [1.82, 2.24) is 19.8 Å². The van der Waals surface area contributed by atoms with E-state index in [2.05, 4.69) is 14.9 Å². The maximum absolute atomic E-state index is 12.9. The predicted octanol–water partition coefficient (Wildman–Crippen LogP) is 3.49. The standard InChI is InChI=1S/C21H21Cl2N5O2/c1-30-19-15(22)10-13(11-16(19)23)21(29)28-8-6-27(7-9-28)12-18-25-17-5-3-2-4-14(17)20(24)26-18/h2-5,10-11H,6-9,12H2,1H3,(H2,24,25,26). The third kappa shape index (κ3) is 4.14. The fourth-order valence-electron chi connectivity index (χ4n) is 3.59. The molecular weight excluding hydrogens is 425 g/mol. The SMILES string of the molecule is COc1c(Cl)cc(C(=O)N2CCN(Cc3nc(N)c4ccccc4n3)CC2)cc1Cl. The molecule has 0 radical (unpaired) electrons. The number of para-hydroxylation sites is 1. The van der Waals surface area contributed by atoms with Gasteiger partial charge in [-0.2, -0.15) is 0 Å². The molecule has 1 amide bonds. The largest absolute Gasteiger partial charge is 0.494 e. The molecular formula is C21H21Cl2N5O2. The van der Waals surface area contributed by atoms with Gasteiger partial charge in [-0.05, 0) is 24.3 Å². The lowest BCUT2D eigenvalue weighted by Crippen LogP contribution is -2.48. The van der Waals surface area contributed by atoms with Crippen molar-refractivity contribution in [3.63, 3.8) is 0 Å². The van der Waals surface area contributed by atoms with Crippen LogP contribution >= 0.6 is 23.2 Å². The molecule has 0 saturated carbocycles. The minimum absolute atomic E-state index is 0.104. The van der Waals surface area contributed by atoms with Crippen LogP contribution in [0.25, 0.3) is 10.9 Å². The number of carbonyl (C=O) groups is 1. The molecule has 3 aromatic rings. The van der Waals surface area contributed by atoms with Crippen molar-refractivity contribution in [3.8, 4) is 5.75 Å². The molecule has 1 saturated heterocycles. The normalized spacial score (nSPS) is 14.8. The number of benzene rings is 2. The first-order valence-corrected chi connectivity index (χ1v) is 10.3. The zero-order valence-corrected chi connectivity index (χ0v) is 18.0. The van der Waals surface area contributed by atoms with Crippen LogP contribution in [0.1, 0.15) is 16.2 Å². The Bertz CT molecular complexity index is 1080. The third-order valence-corrected chi connectivity index (χ3v) is 5.71. The second-order valence-electron chi connectivity index (χ2n) is 7.08. The number of halogens is 2. The minimum Gasteiger partial charge on any atom is -0.494 e. The summed E-state index contributed by atoms with van der Waals surface area (Å²) in [5, 5.41) is 1.49. The molecule has 0 unspecified atom stereocenters. The van der Waals surface area contributed by atoms with Crippen molar-refractivity contribution in [2.24, 2.45) is 0 Å². The van der Waals surface area contributed by atoms with Gasteiger partial charge in [-0.3, -0.25) is 9.69 Å². The predicted molar refractivity (Wildman–Crippen MR) is 118 cm³/mol. The molecule has 2 heterocycles. The molecule has 2 aromatic carbocycles. The fraction of sp³-hybridized carbons (Fsp3) is 0.286. The van der Waals surface area contributed by atoms with E-state index in [0.717, 1.165) is 10.9 Å². The second-order valence-corrected chi connectivity index (χ2v) is 7.90. The van der Waals surface area contributed by atoms with Gasteiger partial charge in [-0.15, -0.1) is 0 Å². The zero-order chi connectivity index (χ0) is 21.3. The molecule has 4 rings (SSSR count). The average molecular weight is 446 g/mol. The molecule has 0 atom stereocenters. The number of hydrogen-bond acceptors (Lipinski definition) is 6. The highest BCUT2D eigenvalue weighted by Gasteiger charge is 2.24. The van der Waals surface area contributed by atoms with E-state index in [1.54, 1.807) is 17.0 Å². The number of fused-ring (bicyclic) bond motifs is 1. The summed E-state index contributed by atoms with van der Waals surface area (Å²) >= 11 is 12.3. The van der Waals surface area contributed by atoms with Gasteiger partial charge in [0.2, 0.25) is 0 Å². The van der Waals surface area contributed by atoms with Crippen molar-refractivity contribution < 1.29 is 9.53 Å². The minimum atomic E-state index is -0.104. The molecule has 0 spiro atoms. The smallest absolute Gasteiger partial charge is 0.254 e. The highest BCUT2D eigenvalue weighted by molar-refractivity contribution is 6.37. The van der Waals surface area contributed by atoms with Crippen LogP contribution in [0, 0.1) is 0 Å². The van der Waals surface area contributed by atoms with E-state index in [1.807, 2.05) is 24.3 Å². The quantitative estimate of drug-likeness (QED) is 0.661. The van der Waals surface area contributed by atoms with E-state index >= 15 is 0 Å². The van der Waals surface area contributed by atoms with Crippen molar-refractivity contribution in [2.45, 2.75) is 6.54 Å². The van der Waals surface area contributed by atoms with Crippen LogP contribution < -0.4 is 10.5 Å². The van der Waals surface area contributed by atoms with Gasteiger partial charge in [0.15, 0.2) is 5.75 Å². The lowest BCUT2D eigenvalue weighted by Gasteiger charge is -2.34. The van der Waals surface area contributed by atoms with E-state index in [4.69, 9.17) is 33.7 Å². The molecule has 30 heavy (non-hydrogen) atoms. The van der Waals surface area contributed by atoms with Crippen molar-refractivity contribution in [1.29, 1.82) is 0 Å². The van der Waals surface area contributed by atoms with Crippen LogP contribution in [0.4, 0.5) is 5.82 Å². The van der Waals surface area contributed by atoms with Crippen molar-refractivity contribution >= 4 is 45.8 Å². The summed E-state index contributed by atoms with van der Waals surface area (Å²) in [6.07, 6.45) is 0. The monoisotopic (exact) mass is 445 g/mol. The number of amides is 1. The van der Waals surface area contributed by atoms with Crippen LogP contribution in [0.2, 0.25) is 10.0 Å². The number of rotatable bonds is 4. The van der Waals surface area contributed by atoms with Crippen molar-refractivity contribution in [2.75, 3.05) is 39.0 Å². The molecule has 1 aliphatic rings. The fourth-order valence-corrected chi connectivity index (χ4v) is 4.23. The molecule has 2 N–H and O–H groups in total. The summed E-state index contributed by atoms with van der Waals surface area (Å²) in [5.41, 5.74) is 7.36. The number of nitrogens with zero attached hydrogens (tertiary/aromatic N) is 4. The summed E-state index contributed by atoms with van der Waals surface area (Å²) in [4.78, 5) is 25.9. The van der Waals surface area contributed by atoms with Gasteiger partial charge >= 0.3 is 0 Å². The van der Waals surface area contributed by atoms with E-state index in [9.17, 15) is 4.79 Å². The van der Waals surface area contributed by atoms with Crippen LogP contribution in [-0.2, 0) is 6.54 Å². The zero-order valence-electron chi connectivity index (χ0n) is 16.4. The Morgan fingerprint density at radius 3 is 2.43 bits per heavy atom. The molecule has 7 nitrogen and oxygen atoms in total. The second kappa shape index (κ2) is 8.63. The van der Waals surface area contributed by atoms with E-state index in [1.165, 1.54) is 7.11 Å². The first kappa shape index (κ1) is 20.7. The Morgan fingerprint density at radius 1 is 1.10 bits per heavy atom. The molecule has 156 valence electrons. The van der Waals surface area contributed by atoms with Gasteiger partial charge in [0.25, 0.3) is 5.91 Å². The number of anilines is 1. The van der Waals surface area contributed by atoms with Gasteiger partial charge in [0.1, 0.15) is 11.6 Å². The van der Waals surface area contributed by atoms with Crippen LogP contribution in [0.15, 0.2) is 36.4 Å². The van der Waals surface area contributed by atoms with E-state index in [0.29, 0.717) is 65.7 Å². The highest BCUT2D eigenvalue weighted by Crippen LogP contribution is 2.34. The highest BCUT2D eigenvalue weighted by atomic mass is 35.5. The maximum atomic E-state index is 12.9. The summed E-state index contributed by atoms with van der Waals surface area (Å²) in [7, 11) is 1.49. The Hall–Kier alpha value is -2.61. The van der Waals surface area contributed by atoms with Crippen molar-refractivity contribution in [3.05, 3.63) is 57.8 Å². The molecule has 9 heteroatoms. The first-order chi connectivity index (χ1) is 14.5. The van der Waals surface area contributed by atoms with Crippen LogP contribution in [0.5, 0.6) is 5.75 Å². The number of piperazine rings is 1. The third-order valence-electron chi connectivity index (χ3n) is 5.15. The van der Waals surface area contributed by atoms with Gasteiger partial charge in [-0.1, -0.05) is 35.3 Å². The van der Waals surface area contributed by atoms with E-state index < -0.39 is 0 Å². The maximum Gasteiger partial charge on any atom is 0.254 e. The van der Waals surface area contributed by atoms with Crippen LogP contribution in [-0.4, -0.2) is 59.0 Å². The number of methoxy groups -OCH3 is 1. The molecule has 1 aromatic heterocycles. The number of ether oxygens (including phenoxy) is 1. The Labute approximate surface area is 184 Å². The van der Waals surface area contributed by atoms with Crippen LogP contribution in [0.3, 0.4) is 0 Å². The number of nitrogen functional groups attached to an aromatic ring is 1. The number of carbonyl (C=O) groups excluding carboxylic acids is 1. The van der Waals surface area contributed by atoms with Gasteiger partial charge < -0.3 is 15.4 Å². The topological polar surface area (TPSA) is 84.6 Å². The molecule has 1 fully saturated rings. The summed E-state index contributed by atoms with van der Waals surface area (Å²) in [6, 6.07) is 10.9. The Kier molecular flexibility index (Phi) is 5.94. The van der Waals surface area contributed by atoms with Gasteiger partial charge in [-0.25, -0.2) is 9.97 Å². The molecule has 1 aliphatic heterocycles. The molecule has 0 bridgehead atoms. The number of hydrogen-bond donors (Lipinski definition) is 1. The van der Waals surface area contributed by atoms with Gasteiger partial charge in [0, 0.05) is 37.1 Å². The average Bonchev–Trinajstić information content (AvgIpc) is 2.73. The first-order valence-electron chi connectivity index (χ1n) is 9.52. The van der Waals surface area contributed by atoms with Gasteiger partial charge in [0.05, 0.1) is 29.2 Å². The Morgan fingerprint density at radius 2 is 1.77 bits per heavy atom. The summed E-state index contributed by atoms with van der Waals surface area (Å²) < 4.78 is 5.15. The number of nitrogens with two attached hydrogens (primary N) is 1. The lowest BCUT2D eigenvalue weighted by atomic mass is 10.1. The molecule has 0 aliphatic carbocycles. The van der Waals surface area contributed by atoms with E-state index in [-0.39, 0.29) is 5.91 Å². The summed E-state index contributed by atoms with van der Waals surface area (Å²) in [5.74, 6) is 1.43. The summed E-state index contributed by atoms with van der Waals surface area (Å²) in [6.45, 7) is 3.17. The number of aromatic nitrogens is 2. The lowest BCUT2D eigenvalue weighted by molar-refractivity contribution is 0.0625. The Balaban J connectivity index is 1.41.